The van der Waals surface area contributed by atoms with Crippen LogP contribution < -0.4 is 9.64 Å². The largest absolute Gasteiger partial charge is 0.444 e. The van der Waals surface area contributed by atoms with Gasteiger partial charge in [0.1, 0.15) is 10.6 Å². The highest BCUT2D eigenvalue weighted by Crippen LogP contribution is 2.42. The van der Waals surface area contributed by atoms with E-state index in [9.17, 15) is 18.7 Å². The SMILES string of the molecule is Cc1csc(-c2ccc(OC(F)(F)C(C)(C)O)c3nc(N4CC5CCC(C4)N5C(=O)OC(C)(C)C)oc23)n1. The molecule has 0 saturated carbocycles. The number of aliphatic hydroxyl groups is 1. The summed E-state index contributed by atoms with van der Waals surface area (Å²) >= 11 is 1.40. The van der Waals surface area contributed by atoms with Crippen molar-refractivity contribution in [3.8, 4) is 16.3 Å². The number of anilines is 1. The lowest BCUT2D eigenvalue weighted by Gasteiger charge is -2.40. The number of carbonyl (C=O) groups is 1. The summed E-state index contributed by atoms with van der Waals surface area (Å²) in [6.45, 7) is 10.3. The van der Waals surface area contributed by atoms with Gasteiger partial charge in [0.2, 0.25) is 0 Å². The van der Waals surface area contributed by atoms with Gasteiger partial charge in [-0.1, -0.05) is 0 Å². The van der Waals surface area contributed by atoms with Crippen molar-refractivity contribution in [1.29, 1.82) is 0 Å². The molecule has 1 amide bonds. The third-order valence-electron chi connectivity index (χ3n) is 6.65. The van der Waals surface area contributed by atoms with Crippen LogP contribution in [0.1, 0.15) is 53.2 Å². The fourth-order valence-corrected chi connectivity index (χ4v) is 5.59. The quantitative estimate of drug-likeness (QED) is 0.439. The van der Waals surface area contributed by atoms with Gasteiger partial charge in [-0.2, -0.15) is 13.8 Å². The van der Waals surface area contributed by atoms with E-state index in [0.29, 0.717) is 23.7 Å². The van der Waals surface area contributed by atoms with Gasteiger partial charge in [-0.15, -0.1) is 11.3 Å². The second-order valence-corrected chi connectivity index (χ2v) is 12.3. The molecule has 9 nitrogen and oxygen atoms in total. The van der Waals surface area contributed by atoms with Gasteiger partial charge in [-0.05, 0) is 66.5 Å². The summed E-state index contributed by atoms with van der Waals surface area (Å²) in [5.74, 6) is -0.213. The molecule has 2 aliphatic heterocycles. The first-order valence-electron chi connectivity index (χ1n) is 12.5. The number of alkyl halides is 2. The molecule has 0 aliphatic carbocycles. The third-order valence-corrected chi connectivity index (χ3v) is 7.65. The maximum absolute atomic E-state index is 14.7. The zero-order valence-electron chi connectivity index (χ0n) is 22.2. The first-order valence-corrected chi connectivity index (χ1v) is 13.4. The maximum Gasteiger partial charge on any atom is 0.426 e. The van der Waals surface area contributed by atoms with E-state index >= 15 is 0 Å². The number of hydrogen-bond acceptors (Lipinski definition) is 9. The van der Waals surface area contributed by atoms with Crippen LogP contribution in [0.3, 0.4) is 0 Å². The molecule has 1 aromatic carbocycles. The Hall–Kier alpha value is -2.99. The molecule has 2 fully saturated rings. The van der Waals surface area contributed by atoms with Crippen molar-refractivity contribution in [2.45, 2.75) is 83.8 Å². The number of amides is 1. The summed E-state index contributed by atoms with van der Waals surface area (Å²) in [5, 5.41) is 12.5. The number of nitrogens with zero attached hydrogens (tertiary/aromatic N) is 4. The summed E-state index contributed by atoms with van der Waals surface area (Å²) in [5.41, 5.74) is -1.22. The molecule has 5 rings (SSSR count). The first-order chi connectivity index (χ1) is 17.6. The van der Waals surface area contributed by atoms with E-state index in [2.05, 4.69) is 9.97 Å². The van der Waals surface area contributed by atoms with Gasteiger partial charge < -0.3 is 23.9 Å². The number of fused-ring (bicyclic) bond motifs is 3. The summed E-state index contributed by atoms with van der Waals surface area (Å²) < 4.78 is 46.2. The standard InChI is InChI=1S/C26H32F2N4O5S/c1-14-13-38-21(29-14)17-9-10-18(36-26(27,28)25(5,6)34)19-20(17)35-22(30-19)31-11-15-7-8-16(12-31)32(15)23(33)37-24(2,3)4/h9-10,13,15-16,34H,7-8,11-12H2,1-6H3. The predicted octanol–water partition coefficient (Wildman–Crippen LogP) is 5.59. The van der Waals surface area contributed by atoms with Crippen molar-refractivity contribution in [2.75, 3.05) is 18.0 Å². The zero-order chi connectivity index (χ0) is 27.6. The number of thiazole rings is 1. The minimum atomic E-state index is -3.88. The van der Waals surface area contributed by atoms with E-state index < -0.39 is 17.3 Å². The highest BCUT2D eigenvalue weighted by molar-refractivity contribution is 7.13. The summed E-state index contributed by atoms with van der Waals surface area (Å²) in [6.07, 6.45) is -2.59. The first kappa shape index (κ1) is 26.6. The average Bonchev–Trinajstić information content (AvgIpc) is 3.48. The molecule has 3 aromatic rings. The molecule has 12 heteroatoms. The molecule has 1 N–H and O–H groups in total. The summed E-state index contributed by atoms with van der Waals surface area (Å²) in [4.78, 5) is 25.7. The molecule has 2 atom stereocenters. The lowest BCUT2D eigenvalue weighted by Crippen LogP contribution is -2.56. The number of rotatable bonds is 5. The van der Waals surface area contributed by atoms with Gasteiger partial charge >= 0.3 is 12.2 Å². The van der Waals surface area contributed by atoms with E-state index in [4.69, 9.17) is 13.9 Å². The number of carbonyl (C=O) groups excluding carboxylic acids is 1. The third kappa shape index (κ3) is 4.91. The van der Waals surface area contributed by atoms with Crippen LogP contribution in [0.2, 0.25) is 0 Å². The number of oxazole rings is 1. The predicted molar refractivity (Wildman–Crippen MR) is 139 cm³/mol. The highest BCUT2D eigenvalue weighted by atomic mass is 32.1. The van der Waals surface area contributed by atoms with Gasteiger partial charge in [0.05, 0.1) is 17.6 Å². The Morgan fingerprint density at radius 2 is 1.79 bits per heavy atom. The number of aromatic nitrogens is 2. The Kier molecular flexibility index (Phi) is 6.33. The van der Waals surface area contributed by atoms with Crippen LogP contribution in [-0.2, 0) is 4.74 Å². The van der Waals surface area contributed by atoms with Crippen molar-refractivity contribution in [1.82, 2.24) is 14.9 Å². The van der Waals surface area contributed by atoms with Gasteiger partial charge in [-0.3, -0.25) is 4.90 Å². The van der Waals surface area contributed by atoms with Crippen LogP contribution >= 0.6 is 11.3 Å². The van der Waals surface area contributed by atoms with Crippen LogP contribution in [0.15, 0.2) is 21.9 Å². The van der Waals surface area contributed by atoms with Crippen LogP contribution in [-0.4, -0.2) is 68.6 Å². The smallest absolute Gasteiger partial charge is 0.426 e. The van der Waals surface area contributed by atoms with E-state index in [0.717, 1.165) is 32.4 Å². The molecule has 38 heavy (non-hydrogen) atoms. The minimum Gasteiger partial charge on any atom is -0.444 e. The number of hydrogen-bond donors (Lipinski definition) is 1. The molecule has 2 bridgehead atoms. The monoisotopic (exact) mass is 550 g/mol. The Morgan fingerprint density at radius 3 is 2.34 bits per heavy atom. The molecular formula is C26H32F2N4O5S. The molecule has 2 aliphatic rings. The molecule has 0 spiro atoms. The number of halogens is 2. The number of benzene rings is 1. The van der Waals surface area contributed by atoms with E-state index in [1.807, 2.05) is 38.0 Å². The van der Waals surface area contributed by atoms with Crippen LogP contribution in [0.4, 0.5) is 19.6 Å². The molecule has 4 heterocycles. The average molecular weight is 551 g/mol. The molecule has 0 radical (unpaired) electrons. The minimum absolute atomic E-state index is 0.0880. The van der Waals surface area contributed by atoms with E-state index in [-0.39, 0.29) is 41.0 Å². The van der Waals surface area contributed by atoms with Crippen molar-refractivity contribution in [2.24, 2.45) is 0 Å². The molecule has 2 unspecified atom stereocenters. The van der Waals surface area contributed by atoms with Crippen molar-refractivity contribution < 1.29 is 32.6 Å². The van der Waals surface area contributed by atoms with Gasteiger partial charge in [-0.25, -0.2) is 9.78 Å². The van der Waals surface area contributed by atoms with Gasteiger partial charge in [0.25, 0.3) is 6.01 Å². The Bertz CT molecular complexity index is 1350. The lowest BCUT2D eigenvalue weighted by molar-refractivity contribution is -0.275. The molecule has 206 valence electrons. The van der Waals surface area contributed by atoms with Crippen molar-refractivity contribution in [3.63, 3.8) is 0 Å². The second kappa shape index (κ2) is 9.04. The number of aryl methyl sites for hydroxylation is 1. The fourth-order valence-electron chi connectivity index (χ4n) is 4.77. The zero-order valence-corrected chi connectivity index (χ0v) is 23.1. The Labute approximate surface area is 223 Å². The highest BCUT2D eigenvalue weighted by Gasteiger charge is 2.49. The molecule has 2 aromatic heterocycles. The number of piperazine rings is 1. The maximum atomic E-state index is 14.7. The van der Waals surface area contributed by atoms with Crippen molar-refractivity contribution in [3.05, 3.63) is 23.2 Å². The fraction of sp³-hybridized carbons (Fsp3) is 0.577. The van der Waals surface area contributed by atoms with E-state index in [1.165, 1.54) is 17.4 Å². The van der Waals surface area contributed by atoms with Gasteiger partial charge in [0.15, 0.2) is 22.5 Å². The van der Waals surface area contributed by atoms with Crippen LogP contribution in [0, 0.1) is 6.92 Å². The molecular weight excluding hydrogens is 518 g/mol. The topological polar surface area (TPSA) is 101 Å². The Balaban J connectivity index is 1.50. The normalized spacial score (nSPS) is 20.3. The summed E-state index contributed by atoms with van der Waals surface area (Å²) in [6, 6.07) is 3.07. The van der Waals surface area contributed by atoms with Gasteiger partial charge in [0, 0.05) is 24.2 Å². The summed E-state index contributed by atoms with van der Waals surface area (Å²) in [7, 11) is 0. The Morgan fingerprint density at radius 1 is 1.13 bits per heavy atom. The van der Waals surface area contributed by atoms with E-state index in [1.54, 1.807) is 11.0 Å². The van der Waals surface area contributed by atoms with Crippen molar-refractivity contribution >= 4 is 34.5 Å². The van der Waals surface area contributed by atoms with Crippen LogP contribution in [0.25, 0.3) is 21.7 Å². The molecule has 2 saturated heterocycles. The second-order valence-electron chi connectivity index (χ2n) is 11.4. The number of ether oxygens (including phenoxy) is 2. The lowest BCUT2D eigenvalue weighted by atomic mass is 10.1. The van der Waals surface area contributed by atoms with Crippen LogP contribution in [0.5, 0.6) is 5.75 Å².